The number of halogens is 1. The molecule has 7 nitrogen and oxygen atoms in total. The molecule has 2 aliphatic rings. The number of ether oxygens (including phenoxy) is 4. The van der Waals surface area contributed by atoms with Crippen LogP contribution in [-0.2, 0) is 4.74 Å². The third-order valence-electron chi connectivity index (χ3n) is 6.19. The smallest absolute Gasteiger partial charge is 0.254 e. The van der Waals surface area contributed by atoms with E-state index in [-0.39, 0.29) is 36.1 Å². The Morgan fingerprint density at radius 1 is 1.12 bits per heavy atom. The minimum Gasteiger partial charge on any atom is -0.493 e. The molecular formula is C26H30FNO6. The SMILES string of the molecule is COc1ccc(C(=O)N2CCOC(COc3ccc(C(C)=O)c(F)c3)C2)cc1OC1CCCC1. The van der Waals surface area contributed by atoms with Crippen LogP contribution in [0.25, 0.3) is 0 Å². The molecule has 4 rings (SSSR count). The summed E-state index contributed by atoms with van der Waals surface area (Å²) >= 11 is 0. The number of amides is 1. The molecule has 0 bridgehead atoms. The van der Waals surface area contributed by atoms with Gasteiger partial charge in [-0.1, -0.05) is 0 Å². The van der Waals surface area contributed by atoms with Gasteiger partial charge in [0.15, 0.2) is 17.3 Å². The molecule has 0 spiro atoms. The van der Waals surface area contributed by atoms with Crippen molar-refractivity contribution < 1.29 is 32.9 Å². The van der Waals surface area contributed by atoms with E-state index in [2.05, 4.69) is 0 Å². The first kappa shape index (κ1) is 24.0. The second-order valence-electron chi connectivity index (χ2n) is 8.64. The number of ketones is 1. The molecule has 1 atom stereocenters. The van der Waals surface area contributed by atoms with Crippen molar-refractivity contribution >= 4 is 11.7 Å². The van der Waals surface area contributed by atoms with Gasteiger partial charge < -0.3 is 23.8 Å². The van der Waals surface area contributed by atoms with E-state index in [1.54, 1.807) is 36.3 Å². The Balaban J connectivity index is 1.38. The number of methoxy groups -OCH3 is 1. The van der Waals surface area contributed by atoms with Crippen LogP contribution in [0.4, 0.5) is 4.39 Å². The van der Waals surface area contributed by atoms with Gasteiger partial charge in [0.2, 0.25) is 0 Å². The van der Waals surface area contributed by atoms with Crippen molar-refractivity contribution in [2.75, 3.05) is 33.4 Å². The lowest BCUT2D eigenvalue weighted by Crippen LogP contribution is -2.47. The van der Waals surface area contributed by atoms with Gasteiger partial charge in [0, 0.05) is 18.2 Å². The first-order chi connectivity index (χ1) is 16.4. The van der Waals surface area contributed by atoms with Gasteiger partial charge >= 0.3 is 0 Å². The number of nitrogens with zero attached hydrogens (tertiary/aromatic N) is 1. The van der Waals surface area contributed by atoms with E-state index in [0.29, 0.717) is 42.5 Å². The lowest BCUT2D eigenvalue weighted by Gasteiger charge is -2.33. The molecule has 0 N–H and O–H groups in total. The zero-order valence-electron chi connectivity index (χ0n) is 19.6. The summed E-state index contributed by atoms with van der Waals surface area (Å²) in [6.45, 7) is 2.65. The molecule has 0 aromatic heterocycles. The number of Topliss-reactive ketones (excluding diaryl/α,β-unsaturated/α-hetero) is 1. The molecule has 2 aromatic carbocycles. The average molecular weight is 472 g/mol. The number of rotatable bonds is 8. The van der Waals surface area contributed by atoms with E-state index in [1.807, 2.05) is 0 Å². The fourth-order valence-corrected chi connectivity index (χ4v) is 4.34. The molecule has 1 aliphatic carbocycles. The van der Waals surface area contributed by atoms with Crippen LogP contribution in [-0.4, -0.2) is 62.2 Å². The highest BCUT2D eigenvalue weighted by atomic mass is 19.1. The van der Waals surface area contributed by atoms with Crippen molar-refractivity contribution in [3.63, 3.8) is 0 Å². The number of carbonyl (C=O) groups excluding carboxylic acids is 2. The van der Waals surface area contributed by atoms with Gasteiger partial charge in [-0.2, -0.15) is 0 Å². The minimum absolute atomic E-state index is 0.0220. The lowest BCUT2D eigenvalue weighted by molar-refractivity contribution is -0.0401. The van der Waals surface area contributed by atoms with Crippen LogP contribution in [0, 0.1) is 5.82 Å². The van der Waals surface area contributed by atoms with Crippen molar-refractivity contribution in [3.05, 3.63) is 53.3 Å². The molecule has 2 fully saturated rings. The summed E-state index contributed by atoms with van der Waals surface area (Å²) < 4.78 is 37.0. The Kier molecular flexibility index (Phi) is 7.67. The summed E-state index contributed by atoms with van der Waals surface area (Å²) in [5, 5.41) is 0. The monoisotopic (exact) mass is 471 g/mol. The molecule has 1 saturated carbocycles. The van der Waals surface area contributed by atoms with E-state index in [9.17, 15) is 14.0 Å². The Labute approximate surface area is 198 Å². The Morgan fingerprint density at radius 2 is 1.91 bits per heavy atom. The summed E-state index contributed by atoms with van der Waals surface area (Å²) in [6.07, 6.45) is 4.10. The van der Waals surface area contributed by atoms with E-state index in [1.165, 1.54) is 19.1 Å². The van der Waals surface area contributed by atoms with Gasteiger partial charge in [-0.05, 0) is 62.9 Å². The summed E-state index contributed by atoms with van der Waals surface area (Å²) in [5.74, 6) is 0.414. The predicted molar refractivity (Wildman–Crippen MR) is 123 cm³/mol. The highest BCUT2D eigenvalue weighted by molar-refractivity contribution is 5.95. The van der Waals surface area contributed by atoms with Gasteiger partial charge in [0.05, 0.1) is 31.9 Å². The standard InChI is InChI=1S/C26H30FNO6/c1-17(29)22-9-8-20(14-23(22)27)33-16-21-15-28(11-12-32-21)26(30)18-7-10-24(31-2)25(13-18)34-19-5-3-4-6-19/h7-10,13-14,19,21H,3-6,11-12,15-16H2,1-2H3. The quantitative estimate of drug-likeness (QED) is 0.535. The molecule has 34 heavy (non-hydrogen) atoms. The number of carbonyl (C=O) groups is 2. The third kappa shape index (κ3) is 5.67. The van der Waals surface area contributed by atoms with Crippen molar-refractivity contribution in [2.24, 2.45) is 0 Å². The van der Waals surface area contributed by atoms with Gasteiger partial charge in [0.25, 0.3) is 5.91 Å². The van der Waals surface area contributed by atoms with Gasteiger partial charge in [-0.3, -0.25) is 9.59 Å². The molecule has 8 heteroatoms. The molecule has 1 saturated heterocycles. The van der Waals surface area contributed by atoms with Gasteiger partial charge in [-0.15, -0.1) is 0 Å². The average Bonchev–Trinajstić information content (AvgIpc) is 3.35. The maximum absolute atomic E-state index is 14.0. The van der Waals surface area contributed by atoms with E-state index >= 15 is 0 Å². The number of hydrogen-bond acceptors (Lipinski definition) is 6. The topological polar surface area (TPSA) is 74.3 Å². The zero-order valence-corrected chi connectivity index (χ0v) is 19.6. The van der Waals surface area contributed by atoms with Crippen molar-refractivity contribution in [2.45, 2.75) is 44.8 Å². The summed E-state index contributed by atoms with van der Waals surface area (Å²) in [5.41, 5.74) is 0.547. The van der Waals surface area contributed by atoms with Crippen molar-refractivity contribution in [1.82, 2.24) is 4.90 Å². The molecule has 182 valence electrons. The van der Waals surface area contributed by atoms with Crippen molar-refractivity contribution in [3.8, 4) is 17.2 Å². The first-order valence-electron chi connectivity index (χ1n) is 11.6. The Morgan fingerprint density at radius 3 is 2.62 bits per heavy atom. The van der Waals surface area contributed by atoms with E-state index < -0.39 is 5.82 Å². The van der Waals surface area contributed by atoms with Crippen LogP contribution < -0.4 is 14.2 Å². The molecule has 1 amide bonds. The van der Waals surface area contributed by atoms with Crippen LogP contribution in [0.5, 0.6) is 17.2 Å². The maximum Gasteiger partial charge on any atom is 0.254 e. The third-order valence-corrected chi connectivity index (χ3v) is 6.19. The number of hydrogen-bond donors (Lipinski definition) is 0. The Hall–Kier alpha value is -3.13. The molecule has 1 unspecified atom stereocenters. The van der Waals surface area contributed by atoms with Crippen LogP contribution in [0.2, 0.25) is 0 Å². The largest absolute Gasteiger partial charge is 0.493 e. The molecule has 1 aliphatic heterocycles. The van der Waals surface area contributed by atoms with Crippen LogP contribution in [0.15, 0.2) is 36.4 Å². The number of benzene rings is 2. The molecule has 0 radical (unpaired) electrons. The van der Waals surface area contributed by atoms with Gasteiger partial charge in [0.1, 0.15) is 24.3 Å². The number of morpholine rings is 1. The first-order valence-corrected chi connectivity index (χ1v) is 11.6. The molecule has 1 heterocycles. The molecular weight excluding hydrogens is 441 g/mol. The molecule has 2 aromatic rings. The minimum atomic E-state index is -0.624. The van der Waals surface area contributed by atoms with Crippen molar-refractivity contribution in [1.29, 1.82) is 0 Å². The lowest BCUT2D eigenvalue weighted by atomic mass is 10.1. The Bertz CT molecular complexity index is 1040. The highest BCUT2D eigenvalue weighted by Gasteiger charge is 2.27. The normalized spacial score (nSPS) is 18.6. The fraction of sp³-hybridized carbons (Fsp3) is 0.462. The predicted octanol–water partition coefficient (Wildman–Crippen LogP) is 4.28. The second kappa shape index (κ2) is 10.9. The summed E-state index contributed by atoms with van der Waals surface area (Å²) in [7, 11) is 1.59. The van der Waals surface area contributed by atoms with E-state index in [0.717, 1.165) is 25.7 Å². The zero-order chi connectivity index (χ0) is 24.1. The fourth-order valence-electron chi connectivity index (χ4n) is 4.34. The van der Waals surface area contributed by atoms with E-state index in [4.69, 9.17) is 18.9 Å². The van der Waals surface area contributed by atoms with Crippen LogP contribution >= 0.6 is 0 Å². The maximum atomic E-state index is 14.0. The second-order valence-corrected chi connectivity index (χ2v) is 8.64. The van der Waals surface area contributed by atoms with Crippen LogP contribution in [0.3, 0.4) is 0 Å². The highest BCUT2D eigenvalue weighted by Crippen LogP contribution is 2.33. The summed E-state index contributed by atoms with van der Waals surface area (Å²) in [6, 6.07) is 9.39. The van der Waals surface area contributed by atoms with Crippen LogP contribution in [0.1, 0.15) is 53.3 Å². The van der Waals surface area contributed by atoms with Gasteiger partial charge in [-0.25, -0.2) is 4.39 Å². The summed E-state index contributed by atoms with van der Waals surface area (Å²) in [4.78, 5) is 26.3.